The van der Waals surface area contributed by atoms with Crippen molar-refractivity contribution in [2.75, 3.05) is 13.3 Å². The van der Waals surface area contributed by atoms with E-state index in [4.69, 9.17) is 16.7 Å². The van der Waals surface area contributed by atoms with Gasteiger partial charge >= 0.3 is 5.97 Å². The Hall–Kier alpha value is -1.79. The number of aliphatic carboxylic acids is 1. The molecule has 0 aromatic heterocycles. The average molecular weight is 340 g/mol. The van der Waals surface area contributed by atoms with Crippen LogP contribution < -0.4 is 0 Å². The number of thioether (sulfide) groups is 1. The first-order chi connectivity index (χ1) is 10.4. The van der Waals surface area contributed by atoms with Gasteiger partial charge in [-0.2, -0.15) is 0 Å². The number of benzene rings is 1. The summed E-state index contributed by atoms with van der Waals surface area (Å²) in [6, 6.07) is 6.30. The number of Topliss-reactive ketones (excluding diaryl/α,β-unsaturated/α-hetero) is 1. The van der Waals surface area contributed by atoms with Gasteiger partial charge in [0, 0.05) is 28.8 Å². The number of amides is 1. The molecule has 0 aliphatic carbocycles. The van der Waals surface area contributed by atoms with Gasteiger partial charge in [0.15, 0.2) is 5.78 Å². The molecule has 0 spiro atoms. The summed E-state index contributed by atoms with van der Waals surface area (Å²) >= 11 is 7.13. The summed E-state index contributed by atoms with van der Waals surface area (Å²) in [6.45, 7) is 0. The van der Waals surface area contributed by atoms with Gasteiger partial charge in [-0.15, -0.1) is 11.8 Å². The first-order valence-corrected chi connectivity index (χ1v) is 8.08. The fraction of sp³-hybridized carbons (Fsp3) is 0.267. The largest absolute Gasteiger partial charge is 0.481 e. The van der Waals surface area contributed by atoms with Gasteiger partial charge in [0.2, 0.25) is 0 Å². The van der Waals surface area contributed by atoms with Crippen LogP contribution in [0, 0.1) is 0 Å². The van der Waals surface area contributed by atoms with Gasteiger partial charge in [-0.3, -0.25) is 14.4 Å². The highest BCUT2D eigenvalue weighted by Crippen LogP contribution is 2.35. The summed E-state index contributed by atoms with van der Waals surface area (Å²) in [5.74, 6) is -1.90. The average Bonchev–Trinajstić information content (AvgIpc) is 2.71. The Morgan fingerprint density at radius 2 is 1.91 bits per heavy atom. The van der Waals surface area contributed by atoms with Crippen molar-refractivity contribution in [3.8, 4) is 0 Å². The second kappa shape index (κ2) is 6.54. The highest BCUT2D eigenvalue weighted by molar-refractivity contribution is 7.99. The molecule has 5 nitrogen and oxygen atoms in total. The predicted octanol–water partition coefficient (Wildman–Crippen LogP) is 2.46. The smallest absolute Gasteiger partial charge is 0.308 e. The number of ketones is 1. The number of rotatable bonds is 5. The summed E-state index contributed by atoms with van der Waals surface area (Å²) in [6.07, 6.45) is 1.31. The lowest BCUT2D eigenvalue weighted by Gasteiger charge is -2.20. The van der Waals surface area contributed by atoms with E-state index in [0.717, 1.165) is 0 Å². The lowest BCUT2D eigenvalue weighted by atomic mass is 9.98. The highest BCUT2D eigenvalue weighted by Gasteiger charge is 2.40. The van der Waals surface area contributed by atoms with Crippen molar-refractivity contribution in [3.63, 3.8) is 0 Å². The van der Waals surface area contributed by atoms with Crippen LogP contribution in [0.25, 0.3) is 0 Å². The minimum Gasteiger partial charge on any atom is -0.481 e. The Bertz CT molecular complexity index is 669. The Morgan fingerprint density at radius 3 is 2.41 bits per heavy atom. The molecule has 116 valence electrons. The molecule has 2 rings (SSSR count). The summed E-state index contributed by atoms with van der Waals surface area (Å²) < 4.78 is 0. The second-order valence-electron chi connectivity index (χ2n) is 4.80. The first kappa shape index (κ1) is 16.6. The van der Waals surface area contributed by atoms with Crippen molar-refractivity contribution >= 4 is 41.0 Å². The molecule has 22 heavy (non-hydrogen) atoms. The minimum atomic E-state index is -1.14. The topological polar surface area (TPSA) is 74.7 Å². The molecule has 1 N–H and O–H groups in total. The Labute approximate surface area is 136 Å². The SMILES string of the molecule is CS[C@@H]1C(C(=O)c2ccc(Cl)cc2)=C(CC(=O)O)C(=O)N1C. The maximum Gasteiger partial charge on any atom is 0.308 e. The molecule has 0 bridgehead atoms. The van der Waals surface area contributed by atoms with Crippen LogP contribution in [-0.2, 0) is 9.59 Å². The van der Waals surface area contributed by atoms with E-state index in [1.54, 1.807) is 37.6 Å². The van der Waals surface area contributed by atoms with Crippen molar-refractivity contribution in [2.45, 2.75) is 11.8 Å². The number of carbonyl (C=O) groups excluding carboxylic acids is 2. The van der Waals surface area contributed by atoms with E-state index in [9.17, 15) is 14.4 Å². The Morgan fingerprint density at radius 1 is 1.32 bits per heavy atom. The zero-order valence-corrected chi connectivity index (χ0v) is 13.6. The standard InChI is InChI=1S/C15H14ClNO4S/c1-17-14(21)10(7-11(18)19)12(15(17)22-2)13(20)8-3-5-9(16)6-4-8/h3-6,15H,7H2,1-2H3,(H,18,19)/t15-/m1/s1. The zero-order valence-electron chi connectivity index (χ0n) is 12.0. The predicted molar refractivity (Wildman–Crippen MR) is 85.1 cm³/mol. The van der Waals surface area contributed by atoms with Crippen molar-refractivity contribution in [1.29, 1.82) is 0 Å². The number of hydrogen-bond donors (Lipinski definition) is 1. The number of carboxylic acid groups (broad SMARTS) is 1. The molecule has 0 unspecified atom stereocenters. The van der Waals surface area contributed by atoms with E-state index >= 15 is 0 Å². The van der Waals surface area contributed by atoms with Gasteiger partial charge in [0.05, 0.1) is 6.42 Å². The van der Waals surface area contributed by atoms with Gasteiger partial charge in [-0.1, -0.05) is 11.6 Å². The molecule has 1 amide bonds. The molecule has 1 aromatic carbocycles. The number of hydrogen-bond acceptors (Lipinski definition) is 4. The van der Waals surface area contributed by atoms with Gasteiger partial charge < -0.3 is 10.0 Å². The summed E-state index contributed by atoms with van der Waals surface area (Å²) in [5, 5.41) is 9.02. The third kappa shape index (κ3) is 3.03. The van der Waals surface area contributed by atoms with Crippen molar-refractivity contribution in [3.05, 3.63) is 46.0 Å². The van der Waals surface area contributed by atoms with Gasteiger partial charge in [-0.05, 0) is 30.5 Å². The fourth-order valence-electron chi connectivity index (χ4n) is 2.38. The van der Waals surface area contributed by atoms with Crippen LogP contribution in [0.4, 0.5) is 0 Å². The van der Waals surface area contributed by atoms with E-state index < -0.39 is 23.7 Å². The third-order valence-electron chi connectivity index (χ3n) is 3.40. The number of carboxylic acids is 1. The highest BCUT2D eigenvalue weighted by atomic mass is 35.5. The number of nitrogens with zero attached hydrogens (tertiary/aromatic N) is 1. The monoisotopic (exact) mass is 339 g/mol. The van der Waals surface area contributed by atoms with Crippen LogP contribution in [-0.4, -0.2) is 46.3 Å². The lowest BCUT2D eigenvalue weighted by Crippen LogP contribution is -2.30. The van der Waals surface area contributed by atoms with Crippen LogP contribution in [0.5, 0.6) is 0 Å². The number of likely N-dealkylation sites (N-methyl/N-ethyl adjacent to an activating group) is 1. The second-order valence-corrected chi connectivity index (χ2v) is 6.16. The van der Waals surface area contributed by atoms with E-state index in [2.05, 4.69) is 0 Å². The van der Waals surface area contributed by atoms with Crippen molar-refractivity contribution < 1.29 is 19.5 Å². The van der Waals surface area contributed by atoms with E-state index in [1.807, 2.05) is 0 Å². The van der Waals surface area contributed by atoms with Crippen LogP contribution in [0.1, 0.15) is 16.8 Å². The van der Waals surface area contributed by atoms with E-state index in [0.29, 0.717) is 10.6 Å². The molecular weight excluding hydrogens is 326 g/mol. The van der Waals surface area contributed by atoms with Crippen LogP contribution in [0.2, 0.25) is 5.02 Å². The van der Waals surface area contributed by atoms with Crippen LogP contribution in [0.15, 0.2) is 35.4 Å². The summed E-state index contributed by atoms with van der Waals surface area (Å²) in [5.41, 5.74) is 0.670. The molecule has 0 saturated heterocycles. The zero-order chi connectivity index (χ0) is 16.4. The molecule has 1 heterocycles. The lowest BCUT2D eigenvalue weighted by molar-refractivity contribution is -0.137. The quantitative estimate of drug-likeness (QED) is 0.834. The molecule has 1 aliphatic heterocycles. The van der Waals surface area contributed by atoms with E-state index in [1.165, 1.54) is 16.7 Å². The Balaban J connectivity index is 2.51. The van der Waals surface area contributed by atoms with Crippen molar-refractivity contribution in [1.82, 2.24) is 4.90 Å². The molecule has 0 radical (unpaired) electrons. The number of carbonyl (C=O) groups is 3. The van der Waals surface area contributed by atoms with Crippen molar-refractivity contribution in [2.24, 2.45) is 0 Å². The van der Waals surface area contributed by atoms with Crippen LogP contribution in [0.3, 0.4) is 0 Å². The molecule has 1 aliphatic rings. The minimum absolute atomic E-state index is 0.0503. The van der Waals surface area contributed by atoms with Crippen LogP contribution >= 0.6 is 23.4 Å². The fourth-order valence-corrected chi connectivity index (χ4v) is 3.40. The summed E-state index contributed by atoms with van der Waals surface area (Å²) in [7, 11) is 1.56. The molecular formula is C15H14ClNO4S. The molecule has 7 heteroatoms. The number of halogens is 1. The molecule has 0 fully saturated rings. The first-order valence-electron chi connectivity index (χ1n) is 6.42. The molecule has 0 saturated carbocycles. The normalized spacial score (nSPS) is 18.0. The maximum atomic E-state index is 12.7. The maximum absolute atomic E-state index is 12.7. The van der Waals surface area contributed by atoms with Gasteiger partial charge in [0.1, 0.15) is 5.37 Å². The third-order valence-corrected chi connectivity index (χ3v) is 4.66. The molecule has 1 atom stereocenters. The van der Waals surface area contributed by atoms with Gasteiger partial charge in [-0.25, -0.2) is 0 Å². The summed E-state index contributed by atoms with van der Waals surface area (Å²) in [4.78, 5) is 37.4. The Kier molecular flexibility index (Phi) is 4.93. The van der Waals surface area contributed by atoms with Gasteiger partial charge in [0.25, 0.3) is 5.91 Å². The molecule has 1 aromatic rings. The van der Waals surface area contributed by atoms with E-state index in [-0.39, 0.29) is 16.9 Å².